The van der Waals surface area contributed by atoms with E-state index in [1.807, 2.05) is 0 Å². The lowest BCUT2D eigenvalue weighted by Gasteiger charge is -2.39. The number of benzene rings is 1. The Bertz CT molecular complexity index is 560. The molecule has 0 heterocycles. The van der Waals surface area contributed by atoms with Crippen molar-refractivity contribution in [2.75, 3.05) is 5.73 Å². The lowest BCUT2D eigenvalue weighted by molar-refractivity contribution is 0.0306. The normalized spacial score (nSPS) is 34.5. The van der Waals surface area contributed by atoms with E-state index >= 15 is 0 Å². The van der Waals surface area contributed by atoms with E-state index in [0.717, 1.165) is 6.42 Å². The Morgan fingerprint density at radius 1 is 1.35 bits per heavy atom. The van der Waals surface area contributed by atoms with Crippen LogP contribution in [0.2, 0.25) is 5.02 Å². The van der Waals surface area contributed by atoms with Crippen molar-refractivity contribution in [3.63, 3.8) is 0 Å². The summed E-state index contributed by atoms with van der Waals surface area (Å²) in [7, 11) is 0. The topological polar surface area (TPSA) is 35.2 Å². The summed E-state index contributed by atoms with van der Waals surface area (Å²) >= 11 is 5.83. The highest BCUT2D eigenvalue weighted by Crippen LogP contribution is 2.66. The summed E-state index contributed by atoms with van der Waals surface area (Å²) in [6.45, 7) is 6.95. The molecule has 2 fully saturated rings. The molecule has 3 rings (SSSR count). The Hall–Kier alpha value is -0.960. The van der Waals surface area contributed by atoms with Crippen LogP contribution >= 0.6 is 11.6 Å². The van der Waals surface area contributed by atoms with Gasteiger partial charge in [0, 0.05) is 17.5 Å². The van der Waals surface area contributed by atoms with Crippen LogP contribution in [-0.4, -0.2) is 6.10 Å². The molecule has 20 heavy (non-hydrogen) atoms. The van der Waals surface area contributed by atoms with Gasteiger partial charge in [0.2, 0.25) is 0 Å². The molecule has 0 amide bonds. The molecule has 0 saturated heterocycles. The molecule has 0 aliphatic heterocycles. The average molecular weight is 298 g/mol. The van der Waals surface area contributed by atoms with E-state index in [9.17, 15) is 4.39 Å². The molecule has 2 bridgehead atoms. The zero-order valence-corrected chi connectivity index (χ0v) is 12.9. The van der Waals surface area contributed by atoms with Crippen LogP contribution < -0.4 is 10.5 Å². The summed E-state index contributed by atoms with van der Waals surface area (Å²) in [4.78, 5) is 0. The fourth-order valence-corrected chi connectivity index (χ4v) is 4.26. The van der Waals surface area contributed by atoms with Crippen molar-refractivity contribution in [1.29, 1.82) is 0 Å². The second-order valence-corrected chi connectivity index (χ2v) is 7.43. The Morgan fingerprint density at radius 3 is 2.60 bits per heavy atom. The highest BCUT2D eigenvalue weighted by molar-refractivity contribution is 6.31. The second-order valence-electron chi connectivity index (χ2n) is 7.02. The van der Waals surface area contributed by atoms with Crippen molar-refractivity contribution >= 4 is 17.3 Å². The summed E-state index contributed by atoms with van der Waals surface area (Å²) < 4.78 is 19.5. The van der Waals surface area contributed by atoms with Gasteiger partial charge in [-0.2, -0.15) is 0 Å². The maximum Gasteiger partial charge on any atom is 0.144 e. The first-order valence-electron chi connectivity index (χ1n) is 7.17. The molecule has 1 aromatic rings. The molecule has 2 nitrogen and oxygen atoms in total. The molecule has 2 aliphatic rings. The first-order chi connectivity index (χ1) is 9.25. The van der Waals surface area contributed by atoms with E-state index < -0.39 is 5.82 Å². The van der Waals surface area contributed by atoms with Gasteiger partial charge >= 0.3 is 0 Å². The molecular formula is C16H21ClFNO. The molecule has 0 spiro atoms. The van der Waals surface area contributed by atoms with Crippen molar-refractivity contribution < 1.29 is 9.13 Å². The smallest absolute Gasteiger partial charge is 0.144 e. The van der Waals surface area contributed by atoms with Gasteiger partial charge in [-0.05, 0) is 30.6 Å². The number of nitrogens with two attached hydrogens (primary N) is 1. The van der Waals surface area contributed by atoms with Crippen LogP contribution in [-0.2, 0) is 0 Å². The third-order valence-corrected chi connectivity index (χ3v) is 6.33. The van der Waals surface area contributed by atoms with Crippen molar-refractivity contribution in [1.82, 2.24) is 0 Å². The summed E-state index contributed by atoms with van der Waals surface area (Å²) in [5.41, 5.74) is 6.59. The number of rotatable bonds is 2. The number of ether oxygens (including phenoxy) is 1. The summed E-state index contributed by atoms with van der Waals surface area (Å²) in [5, 5.41) is 0.0572. The van der Waals surface area contributed by atoms with E-state index in [0.29, 0.717) is 17.4 Å². The third kappa shape index (κ3) is 1.75. The minimum absolute atomic E-state index is 0.0572. The van der Waals surface area contributed by atoms with Crippen molar-refractivity contribution in [3.8, 4) is 5.75 Å². The Balaban J connectivity index is 1.89. The highest BCUT2D eigenvalue weighted by atomic mass is 35.5. The van der Waals surface area contributed by atoms with Gasteiger partial charge in [-0.1, -0.05) is 32.4 Å². The quantitative estimate of drug-likeness (QED) is 0.806. The zero-order valence-electron chi connectivity index (χ0n) is 12.2. The SMILES string of the molecule is CC1(C)C2CCC1(C)C(Oc1cc(Cl)c(F)cc1N)C2. The average Bonchev–Trinajstić information content (AvgIpc) is 2.69. The highest BCUT2D eigenvalue weighted by Gasteiger charge is 2.62. The van der Waals surface area contributed by atoms with E-state index in [1.165, 1.54) is 25.0 Å². The van der Waals surface area contributed by atoms with Gasteiger partial charge in [-0.3, -0.25) is 0 Å². The van der Waals surface area contributed by atoms with Gasteiger partial charge in [0.15, 0.2) is 0 Å². The van der Waals surface area contributed by atoms with Gasteiger partial charge in [0.1, 0.15) is 17.7 Å². The molecule has 0 radical (unpaired) electrons. The predicted molar refractivity (Wildman–Crippen MR) is 79.5 cm³/mol. The van der Waals surface area contributed by atoms with E-state index in [2.05, 4.69) is 20.8 Å². The van der Waals surface area contributed by atoms with Crippen LogP contribution in [0.25, 0.3) is 0 Å². The Kier molecular flexibility index (Phi) is 2.99. The molecule has 0 aromatic heterocycles. The number of fused-ring (bicyclic) bond motifs is 2. The number of nitrogen functional groups attached to an aromatic ring is 1. The van der Waals surface area contributed by atoms with Gasteiger partial charge < -0.3 is 10.5 Å². The summed E-state index contributed by atoms with van der Waals surface area (Å²) in [6, 6.07) is 2.73. The van der Waals surface area contributed by atoms with Crippen LogP contribution in [0.5, 0.6) is 5.75 Å². The van der Waals surface area contributed by atoms with Crippen molar-refractivity contribution in [2.45, 2.75) is 46.1 Å². The lowest BCUT2D eigenvalue weighted by Crippen LogP contribution is -2.39. The predicted octanol–water partition coefficient (Wildman–Crippen LogP) is 4.65. The standard InChI is InChI=1S/C16H21ClFNO/c1-15(2)9-4-5-16(15,3)14(6-9)20-13-7-10(17)11(18)8-12(13)19/h7-9,14H,4-6,19H2,1-3H3. The largest absolute Gasteiger partial charge is 0.488 e. The minimum Gasteiger partial charge on any atom is -0.488 e. The number of halogens is 2. The van der Waals surface area contributed by atoms with Gasteiger partial charge in [0.25, 0.3) is 0 Å². The summed E-state index contributed by atoms with van der Waals surface area (Å²) in [6.07, 6.45) is 3.60. The fraction of sp³-hybridized carbons (Fsp3) is 0.625. The lowest BCUT2D eigenvalue weighted by atomic mass is 9.70. The molecule has 3 atom stereocenters. The van der Waals surface area contributed by atoms with Gasteiger partial charge in [0.05, 0.1) is 10.7 Å². The molecule has 2 N–H and O–H groups in total. The number of anilines is 1. The fourth-order valence-electron chi connectivity index (χ4n) is 4.11. The van der Waals surface area contributed by atoms with Crippen LogP contribution in [0.3, 0.4) is 0 Å². The van der Waals surface area contributed by atoms with E-state index in [1.54, 1.807) is 0 Å². The number of hydrogen-bond acceptors (Lipinski definition) is 2. The zero-order chi connectivity index (χ0) is 14.7. The first-order valence-corrected chi connectivity index (χ1v) is 7.54. The molecule has 3 unspecified atom stereocenters. The first kappa shape index (κ1) is 14.0. The third-order valence-electron chi connectivity index (χ3n) is 6.04. The minimum atomic E-state index is -0.504. The van der Waals surface area contributed by atoms with Crippen molar-refractivity contribution in [3.05, 3.63) is 23.0 Å². The van der Waals surface area contributed by atoms with Crippen molar-refractivity contribution in [2.24, 2.45) is 16.7 Å². The van der Waals surface area contributed by atoms with Gasteiger partial charge in [-0.15, -0.1) is 0 Å². The second kappa shape index (κ2) is 4.27. The molecule has 4 heteroatoms. The van der Waals surface area contributed by atoms with E-state index in [4.69, 9.17) is 22.1 Å². The van der Waals surface area contributed by atoms with Crippen LogP contribution in [0, 0.1) is 22.6 Å². The molecule has 2 saturated carbocycles. The molecule has 110 valence electrons. The van der Waals surface area contributed by atoms with Gasteiger partial charge in [-0.25, -0.2) is 4.39 Å². The summed E-state index contributed by atoms with van der Waals surface area (Å²) in [5.74, 6) is 0.691. The van der Waals surface area contributed by atoms with Crippen LogP contribution in [0.15, 0.2) is 12.1 Å². The Labute approximate surface area is 124 Å². The van der Waals surface area contributed by atoms with Crippen LogP contribution in [0.4, 0.5) is 10.1 Å². The Morgan fingerprint density at radius 2 is 2.05 bits per heavy atom. The molecular weight excluding hydrogens is 277 g/mol. The molecule has 1 aromatic carbocycles. The van der Waals surface area contributed by atoms with Crippen LogP contribution in [0.1, 0.15) is 40.0 Å². The monoisotopic (exact) mass is 297 g/mol. The number of hydrogen-bond donors (Lipinski definition) is 1. The molecule has 2 aliphatic carbocycles. The maximum absolute atomic E-state index is 13.4. The maximum atomic E-state index is 13.4. The van der Waals surface area contributed by atoms with E-state index in [-0.39, 0.29) is 22.0 Å².